The summed E-state index contributed by atoms with van der Waals surface area (Å²) in [5.41, 5.74) is 5.70. The minimum atomic E-state index is 0.297. The van der Waals surface area contributed by atoms with Gasteiger partial charge in [-0.2, -0.15) is 5.26 Å². The lowest BCUT2D eigenvalue weighted by molar-refractivity contribution is 0.218. The van der Waals surface area contributed by atoms with E-state index in [-0.39, 0.29) is 0 Å². The molecule has 0 bridgehead atoms. The molecule has 0 radical (unpaired) electrons. The highest BCUT2D eigenvalue weighted by Gasteiger charge is 2.32. The molecule has 154 valence electrons. The summed E-state index contributed by atoms with van der Waals surface area (Å²) >= 11 is 1.70. The van der Waals surface area contributed by atoms with Crippen molar-refractivity contribution in [3.8, 4) is 11.8 Å². The molecule has 2 aromatic rings. The lowest BCUT2D eigenvalue weighted by atomic mass is 9.72. The van der Waals surface area contributed by atoms with Crippen LogP contribution in [-0.4, -0.2) is 13.3 Å². The fourth-order valence-corrected chi connectivity index (χ4v) is 5.35. The molecule has 4 heteroatoms. The Balaban J connectivity index is 1.96. The molecular formula is C25H32N2OS. The highest BCUT2D eigenvalue weighted by Crippen LogP contribution is 2.45. The van der Waals surface area contributed by atoms with Gasteiger partial charge in [0, 0.05) is 11.1 Å². The monoisotopic (exact) mass is 408 g/mol. The fraction of sp³-hybridized carbons (Fsp3) is 0.520. The summed E-state index contributed by atoms with van der Waals surface area (Å²) in [4.78, 5) is 6.14. The molecule has 1 aliphatic rings. The lowest BCUT2D eigenvalue weighted by Crippen LogP contribution is -2.26. The zero-order chi connectivity index (χ0) is 21.3. The minimum Gasteiger partial charge on any atom is -0.496 e. The minimum absolute atomic E-state index is 0.297. The predicted octanol–water partition coefficient (Wildman–Crippen LogP) is 6.96. The van der Waals surface area contributed by atoms with Crippen LogP contribution in [0, 0.1) is 29.6 Å². The van der Waals surface area contributed by atoms with Gasteiger partial charge in [-0.05, 0) is 77.8 Å². The van der Waals surface area contributed by atoms with Crippen LogP contribution in [0.4, 0.5) is 5.00 Å². The van der Waals surface area contributed by atoms with Crippen LogP contribution >= 0.6 is 11.3 Å². The van der Waals surface area contributed by atoms with Gasteiger partial charge in [0.15, 0.2) is 0 Å². The fourth-order valence-electron chi connectivity index (χ4n) is 4.13. The summed E-state index contributed by atoms with van der Waals surface area (Å²) in [5.74, 6) is 1.96. The number of hydrogen-bond acceptors (Lipinski definition) is 4. The molecule has 0 unspecified atom stereocenters. The molecule has 0 N–H and O–H groups in total. The second kappa shape index (κ2) is 8.32. The van der Waals surface area contributed by atoms with Crippen LogP contribution in [-0.2, 0) is 12.8 Å². The molecular weight excluding hydrogens is 376 g/mol. The van der Waals surface area contributed by atoms with Crippen molar-refractivity contribution >= 4 is 22.6 Å². The summed E-state index contributed by atoms with van der Waals surface area (Å²) in [6.07, 6.45) is 5.12. The van der Waals surface area contributed by atoms with Crippen molar-refractivity contribution in [3.63, 3.8) is 0 Å². The average Bonchev–Trinajstić information content (AvgIpc) is 3.02. The molecule has 1 heterocycles. The summed E-state index contributed by atoms with van der Waals surface area (Å²) < 4.78 is 5.55. The standard InChI is InChI=1S/C25H32N2OS/c1-15(2)20-11-17(16(3)10-22(20)28-7)14-27-24-21(13-26)19-9-8-18(25(4,5)6)12-23(19)29-24/h10-11,14-15,18H,8-9,12H2,1-7H3/t18-/m0/s1. The number of hydrogen-bond donors (Lipinski definition) is 0. The van der Waals surface area contributed by atoms with Gasteiger partial charge in [-0.15, -0.1) is 11.3 Å². The quantitative estimate of drug-likeness (QED) is 0.513. The van der Waals surface area contributed by atoms with Gasteiger partial charge in [-0.25, -0.2) is 4.99 Å². The molecule has 0 saturated heterocycles. The van der Waals surface area contributed by atoms with Crippen LogP contribution in [0.5, 0.6) is 5.75 Å². The van der Waals surface area contributed by atoms with E-state index in [1.54, 1.807) is 18.4 Å². The molecule has 0 saturated carbocycles. The van der Waals surface area contributed by atoms with Crippen LogP contribution in [0.15, 0.2) is 17.1 Å². The zero-order valence-electron chi connectivity index (χ0n) is 18.7. The number of methoxy groups -OCH3 is 1. The predicted molar refractivity (Wildman–Crippen MR) is 123 cm³/mol. The largest absolute Gasteiger partial charge is 0.496 e. The Morgan fingerprint density at radius 2 is 2.03 bits per heavy atom. The maximum absolute atomic E-state index is 9.79. The van der Waals surface area contributed by atoms with E-state index in [0.29, 0.717) is 17.3 Å². The Bertz CT molecular complexity index is 970. The van der Waals surface area contributed by atoms with Crippen molar-refractivity contribution in [2.24, 2.45) is 16.3 Å². The van der Waals surface area contributed by atoms with Gasteiger partial charge in [0.2, 0.25) is 0 Å². The smallest absolute Gasteiger partial charge is 0.134 e. The molecule has 0 aliphatic heterocycles. The van der Waals surface area contributed by atoms with Crippen LogP contribution < -0.4 is 4.74 Å². The molecule has 0 spiro atoms. The van der Waals surface area contributed by atoms with Crippen molar-refractivity contribution < 1.29 is 4.74 Å². The SMILES string of the molecule is COc1cc(C)c(C=Nc2sc3c(c2C#N)CC[C@H](C(C)(C)C)C3)cc1C(C)C. The summed E-state index contributed by atoms with van der Waals surface area (Å²) in [6, 6.07) is 6.68. The third-order valence-electron chi connectivity index (χ3n) is 6.14. The first kappa shape index (κ1) is 21.6. The van der Waals surface area contributed by atoms with Crippen molar-refractivity contribution in [3.05, 3.63) is 44.8 Å². The lowest BCUT2D eigenvalue weighted by Gasteiger charge is -2.33. The molecule has 1 aromatic carbocycles. The maximum atomic E-state index is 9.79. The first-order chi connectivity index (χ1) is 13.7. The first-order valence-corrected chi connectivity index (χ1v) is 11.2. The number of nitrogens with zero attached hydrogens (tertiary/aromatic N) is 2. The second-order valence-corrected chi connectivity index (χ2v) is 10.5. The van der Waals surface area contributed by atoms with E-state index >= 15 is 0 Å². The Labute approximate surface area is 179 Å². The van der Waals surface area contributed by atoms with Gasteiger partial charge >= 0.3 is 0 Å². The van der Waals surface area contributed by atoms with E-state index in [1.165, 1.54) is 16.0 Å². The molecule has 3 nitrogen and oxygen atoms in total. The zero-order valence-corrected chi connectivity index (χ0v) is 19.5. The van der Waals surface area contributed by atoms with Gasteiger partial charge in [-0.3, -0.25) is 0 Å². The Kier molecular flexibility index (Phi) is 6.19. The molecule has 0 amide bonds. The molecule has 1 atom stereocenters. The van der Waals surface area contributed by atoms with Crippen molar-refractivity contribution in [2.75, 3.05) is 7.11 Å². The number of nitriles is 1. The van der Waals surface area contributed by atoms with E-state index < -0.39 is 0 Å². The molecule has 1 aromatic heterocycles. The number of ether oxygens (including phenoxy) is 1. The van der Waals surface area contributed by atoms with E-state index in [0.717, 1.165) is 46.7 Å². The van der Waals surface area contributed by atoms with Gasteiger partial charge in [0.1, 0.15) is 16.8 Å². The van der Waals surface area contributed by atoms with E-state index in [4.69, 9.17) is 9.73 Å². The third kappa shape index (κ3) is 4.41. The highest BCUT2D eigenvalue weighted by molar-refractivity contribution is 7.16. The van der Waals surface area contributed by atoms with Gasteiger partial charge in [-0.1, -0.05) is 34.6 Å². The van der Waals surface area contributed by atoms with Crippen molar-refractivity contribution in [1.29, 1.82) is 5.26 Å². The van der Waals surface area contributed by atoms with Crippen LogP contribution in [0.25, 0.3) is 0 Å². The van der Waals surface area contributed by atoms with Crippen LogP contribution in [0.2, 0.25) is 0 Å². The summed E-state index contributed by atoms with van der Waals surface area (Å²) in [6.45, 7) is 13.4. The van der Waals surface area contributed by atoms with Crippen molar-refractivity contribution in [2.45, 2.75) is 66.7 Å². The summed E-state index contributed by atoms with van der Waals surface area (Å²) in [7, 11) is 1.72. The molecule has 29 heavy (non-hydrogen) atoms. The normalized spacial score (nSPS) is 16.9. The van der Waals surface area contributed by atoms with Gasteiger partial charge in [0.25, 0.3) is 0 Å². The van der Waals surface area contributed by atoms with Gasteiger partial charge in [0.05, 0.1) is 12.7 Å². The number of thiophene rings is 1. The van der Waals surface area contributed by atoms with Crippen LogP contribution in [0.3, 0.4) is 0 Å². The van der Waals surface area contributed by atoms with E-state index in [1.807, 2.05) is 6.21 Å². The average molecular weight is 409 g/mol. The number of fused-ring (bicyclic) bond motifs is 1. The molecule has 3 rings (SSSR count). The Morgan fingerprint density at radius 1 is 1.31 bits per heavy atom. The summed E-state index contributed by atoms with van der Waals surface area (Å²) in [5, 5.41) is 10.6. The van der Waals surface area contributed by atoms with Gasteiger partial charge < -0.3 is 4.74 Å². The second-order valence-electron chi connectivity index (χ2n) is 9.47. The molecule has 1 aliphatic carbocycles. The Hall–Kier alpha value is -2.12. The number of aryl methyl sites for hydroxylation is 1. The number of aliphatic imine (C=N–C) groups is 1. The topological polar surface area (TPSA) is 45.4 Å². The number of rotatable bonds is 4. The first-order valence-electron chi connectivity index (χ1n) is 10.4. The maximum Gasteiger partial charge on any atom is 0.134 e. The number of benzene rings is 1. The van der Waals surface area contributed by atoms with Crippen LogP contribution in [0.1, 0.15) is 79.7 Å². The third-order valence-corrected chi connectivity index (χ3v) is 7.31. The molecule has 0 fully saturated rings. The highest BCUT2D eigenvalue weighted by atomic mass is 32.1. The van der Waals surface area contributed by atoms with Crippen molar-refractivity contribution in [1.82, 2.24) is 0 Å². The Morgan fingerprint density at radius 3 is 2.62 bits per heavy atom. The van der Waals surface area contributed by atoms with E-state index in [9.17, 15) is 5.26 Å². The van der Waals surface area contributed by atoms with E-state index in [2.05, 4.69) is 59.7 Å².